The van der Waals surface area contributed by atoms with E-state index in [4.69, 9.17) is 9.84 Å². The molecule has 86 valence electrons. The molecule has 0 amide bonds. The Bertz CT molecular complexity index is 137. The maximum Gasteiger partial charge on any atom is 0.0897 e. The normalized spacial score (nSPS) is 17.8. The second-order valence-electron chi connectivity index (χ2n) is 3.77. The fraction of sp³-hybridized carbons (Fsp3) is 1.00. The maximum atomic E-state index is 9.47. The third-order valence-electron chi connectivity index (χ3n) is 2.41. The molecule has 0 bridgehead atoms. The van der Waals surface area contributed by atoms with E-state index < -0.39 is 6.10 Å². The van der Waals surface area contributed by atoms with E-state index in [1.54, 1.807) is 0 Å². The van der Waals surface area contributed by atoms with Gasteiger partial charge in [0.1, 0.15) is 0 Å². The van der Waals surface area contributed by atoms with Crippen molar-refractivity contribution in [3.8, 4) is 0 Å². The highest BCUT2D eigenvalue weighted by Gasteiger charge is 2.20. The van der Waals surface area contributed by atoms with E-state index in [0.29, 0.717) is 19.8 Å². The molecule has 0 rings (SSSR count). The number of nitrogens with one attached hydrogen (secondary N) is 1. The van der Waals surface area contributed by atoms with E-state index in [0.717, 1.165) is 6.42 Å². The van der Waals surface area contributed by atoms with Crippen LogP contribution in [0, 0.1) is 0 Å². The van der Waals surface area contributed by atoms with Crippen LogP contribution in [0.3, 0.4) is 0 Å². The van der Waals surface area contributed by atoms with E-state index in [1.165, 1.54) is 0 Å². The summed E-state index contributed by atoms with van der Waals surface area (Å²) in [6, 6.07) is 0. The highest BCUT2D eigenvalue weighted by Crippen LogP contribution is 2.07. The lowest BCUT2D eigenvalue weighted by atomic mass is 10.0. The molecule has 0 radical (unpaired) electrons. The minimum Gasteiger partial charge on any atom is -0.394 e. The lowest BCUT2D eigenvalue weighted by Gasteiger charge is -2.28. The fourth-order valence-electron chi connectivity index (χ4n) is 0.970. The Balaban J connectivity index is 3.68. The number of rotatable bonds is 8. The molecule has 4 nitrogen and oxygen atoms in total. The molecule has 0 aromatic carbocycles. The minimum absolute atomic E-state index is 0.0743. The minimum atomic E-state index is -0.507. The second kappa shape index (κ2) is 7.17. The molecular formula is C10H23NO3. The quantitative estimate of drug-likeness (QED) is 0.527. The van der Waals surface area contributed by atoms with Gasteiger partial charge in [-0.1, -0.05) is 6.92 Å². The van der Waals surface area contributed by atoms with Crippen LogP contribution in [0.2, 0.25) is 0 Å². The molecule has 2 unspecified atom stereocenters. The largest absolute Gasteiger partial charge is 0.394 e. The third kappa shape index (κ3) is 5.54. The molecule has 0 aromatic heterocycles. The molecule has 0 spiro atoms. The van der Waals surface area contributed by atoms with Gasteiger partial charge in [0.15, 0.2) is 0 Å². The van der Waals surface area contributed by atoms with Gasteiger partial charge in [0, 0.05) is 18.7 Å². The molecule has 0 saturated carbocycles. The van der Waals surface area contributed by atoms with Crippen LogP contribution in [0.4, 0.5) is 0 Å². The molecule has 0 saturated heterocycles. The van der Waals surface area contributed by atoms with Gasteiger partial charge in [-0.2, -0.15) is 0 Å². The summed E-state index contributed by atoms with van der Waals surface area (Å²) in [4.78, 5) is 0. The molecule has 4 heteroatoms. The summed E-state index contributed by atoms with van der Waals surface area (Å²) < 4.78 is 5.08. The predicted molar refractivity (Wildman–Crippen MR) is 56.3 cm³/mol. The molecule has 3 N–H and O–H groups in total. The Labute approximate surface area is 86.3 Å². The summed E-state index contributed by atoms with van der Waals surface area (Å²) in [6.45, 7) is 7.30. The van der Waals surface area contributed by atoms with Gasteiger partial charge >= 0.3 is 0 Å². The van der Waals surface area contributed by atoms with Crippen LogP contribution in [0.1, 0.15) is 27.2 Å². The van der Waals surface area contributed by atoms with Crippen LogP contribution < -0.4 is 5.32 Å². The number of aliphatic hydroxyl groups excluding tert-OH is 2. The van der Waals surface area contributed by atoms with Crippen molar-refractivity contribution in [2.45, 2.75) is 38.8 Å². The van der Waals surface area contributed by atoms with Crippen molar-refractivity contribution in [3.63, 3.8) is 0 Å². The number of β-amino-alcohol motifs (C(OH)–C–C–N with tert-alkyl or cyclic N) is 1. The van der Waals surface area contributed by atoms with Gasteiger partial charge in [-0.05, 0) is 20.3 Å². The summed E-state index contributed by atoms with van der Waals surface area (Å²) in [5.41, 5.74) is -0.298. The fourth-order valence-corrected chi connectivity index (χ4v) is 0.970. The molecular weight excluding hydrogens is 182 g/mol. The van der Waals surface area contributed by atoms with E-state index in [1.807, 2.05) is 20.8 Å². The van der Waals surface area contributed by atoms with Crippen molar-refractivity contribution < 1.29 is 14.9 Å². The number of ether oxygens (including phenoxy) is 1. The van der Waals surface area contributed by atoms with Crippen molar-refractivity contribution in [3.05, 3.63) is 0 Å². The summed E-state index contributed by atoms with van der Waals surface area (Å²) in [6.07, 6.45) is 0.317. The smallest absolute Gasteiger partial charge is 0.0897 e. The first kappa shape index (κ1) is 13.8. The zero-order chi connectivity index (χ0) is 11.0. The number of hydrogen-bond acceptors (Lipinski definition) is 4. The first-order chi connectivity index (χ1) is 6.58. The first-order valence-corrected chi connectivity index (χ1v) is 5.19. The van der Waals surface area contributed by atoms with Gasteiger partial charge in [0.25, 0.3) is 0 Å². The van der Waals surface area contributed by atoms with Crippen LogP contribution in [0.5, 0.6) is 0 Å². The van der Waals surface area contributed by atoms with Crippen LogP contribution in [0.15, 0.2) is 0 Å². The lowest BCUT2D eigenvalue weighted by Crippen LogP contribution is -2.48. The second-order valence-corrected chi connectivity index (χ2v) is 3.77. The molecule has 0 aliphatic rings. The first-order valence-electron chi connectivity index (χ1n) is 5.19. The standard InChI is InChI=1S/C10H23NO3/c1-4-10(3,8-12)11-6-9(13)7-14-5-2/h9,11-13H,4-8H2,1-3H3. The van der Waals surface area contributed by atoms with Gasteiger partial charge < -0.3 is 20.3 Å². The van der Waals surface area contributed by atoms with Gasteiger partial charge in [-0.15, -0.1) is 0 Å². The van der Waals surface area contributed by atoms with Crippen molar-refractivity contribution in [2.75, 3.05) is 26.4 Å². The molecule has 2 atom stereocenters. The van der Waals surface area contributed by atoms with Gasteiger partial charge in [-0.25, -0.2) is 0 Å². The zero-order valence-corrected chi connectivity index (χ0v) is 9.42. The van der Waals surface area contributed by atoms with Crippen LogP contribution in [-0.2, 0) is 4.74 Å². The predicted octanol–water partition coefficient (Wildman–Crippen LogP) is 0.134. The van der Waals surface area contributed by atoms with Crippen LogP contribution in [-0.4, -0.2) is 48.2 Å². The molecule has 0 aromatic rings. The summed E-state index contributed by atoms with van der Waals surface area (Å²) in [5.74, 6) is 0. The van der Waals surface area contributed by atoms with Crippen molar-refractivity contribution in [1.29, 1.82) is 0 Å². The van der Waals surface area contributed by atoms with E-state index in [9.17, 15) is 5.11 Å². The Morgan fingerprint density at radius 3 is 2.50 bits per heavy atom. The topological polar surface area (TPSA) is 61.7 Å². The molecule has 0 heterocycles. The average molecular weight is 205 g/mol. The molecule has 0 aliphatic carbocycles. The van der Waals surface area contributed by atoms with Crippen LogP contribution >= 0.6 is 0 Å². The van der Waals surface area contributed by atoms with E-state index in [-0.39, 0.29) is 12.1 Å². The average Bonchev–Trinajstić information content (AvgIpc) is 2.23. The summed E-state index contributed by atoms with van der Waals surface area (Å²) >= 11 is 0. The molecule has 0 aliphatic heterocycles. The van der Waals surface area contributed by atoms with Crippen molar-refractivity contribution >= 4 is 0 Å². The summed E-state index contributed by atoms with van der Waals surface area (Å²) in [5, 5.41) is 21.7. The van der Waals surface area contributed by atoms with E-state index >= 15 is 0 Å². The number of hydrogen-bond donors (Lipinski definition) is 3. The van der Waals surface area contributed by atoms with Gasteiger partial charge in [0.05, 0.1) is 19.3 Å². The maximum absolute atomic E-state index is 9.47. The Kier molecular flexibility index (Phi) is 7.09. The Morgan fingerprint density at radius 1 is 1.43 bits per heavy atom. The SMILES string of the molecule is CCOCC(O)CNC(C)(CC)CO. The van der Waals surface area contributed by atoms with E-state index in [2.05, 4.69) is 5.32 Å². The zero-order valence-electron chi connectivity index (χ0n) is 9.42. The monoisotopic (exact) mass is 205 g/mol. The molecule has 14 heavy (non-hydrogen) atoms. The summed E-state index contributed by atoms with van der Waals surface area (Å²) in [7, 11) is 0. The third-order valence-corrected chi connectivity index (χ3v) is 2.41. The highest BCUT2D eigenvalue weighted by molar-refractivity contribution is 4.81. The van der Waals surface area contributed by atoms with Gasteiger partial charge in [-0.3, -0.25) is 0 Å². The highest BCUT2D eigenvalue weighted by atomic mass is 16.5. The number of aliphatic hydroxyl groups is 2. The van der Waals surface area contributed by atoms with Crippen LogP contribution in [0.25, 0.3) is 0 Å². The lowest BCUT2D eigenvalue weighted by molar-refractivity contribution is 0.0351. The Hall–Kier alpha value is -0.160. The van der Waals surface area contributed by atoms with Crippen molar-refractivity contribution in [2.24, 2.45) is 0 Å². The van der Waals surface area contributed by atoms with Crippen molar-refractivity contribution in [1.82, 2.24) is 5.32 Å². The Morgan fingerprint density at radius 2 is 2.07 bits per heavy atom. The van der Waals surface area contributed by atoms with Gasteiger partial charge in [0.2, 0.25) is 0 Å². The molecule has 0 fully saturated rings.